The largest absolute Gasteiger partial charge is 0.484 e. The lowest BCUT2D eigenvalue weighted by Gasteiger charge is -2.27. The summed E-state index contributed by atoms with van der Waals surface area (Å²) in [4.78, 5) is 50.1. The summed E-state index contributed by atoms with van der Waals surface area (Å²) in [7, 11) is 0. The molecule has 0 saturated heterocycles. The minimum atomic E-state index is -4.99. The number of alkyl halides is 5. The van der Waals surface area contributed by atoms with E-state index < -0.39 is 66.8 Å². The van der Waals surface area contributed by atoms with Crippen LogP contribution >= 0.6 is 23.2 Å². The van der Waals surface area contributed by atoms with Crippen LogP contribution in [0.15, 0.2) is 48.5 Å². The van der Waals surface area contributed by atoms with E-state index in [4.69, 9.17) is 27.9 Å². The van der Waals surface area contributed by atoms with Gasteiger partial charge in [0.15, 0.2) is 6.61 Å². The summed E-state index contributed by atoms with van der Waals surface area (Å²) in [5.41, 5.74) is 0.555. The van der Waals surface area contributed by atoms with Crippen LogP contribution in [0.5, 0.6) is 5.75 Å². The van der Waals surface area contributed by atoms with Crippen LogP contribution < -0.4 is 20.7 Å². The van der Waals surface area contributed by atoms with E-state index in [0.29, 0.717) is 5.56 Å². The third-order valence-electron chi connectivity index (χ3n) is 5.43. The summed E-state index contributed by atoms with van der Waals surface area (Å²) in [6, 6.07) is 9.07. The van der Waals surface area contributed by atoms with Crippen LogP contribution in [0.3, 0.4) is 0 Å². The molecule has 15 heteroatoms. The van der Waals surface area contributed by atoms with Crippen LogP contribution in [0.1, 0.15) is 19.4 Å². The molecule has 0 aliphatic carbocycles. The van der Waals surface area contributed by atoms with Gasteiger partial charge in [-0.25, -0.2) is 0 Å². The van der Waals surface area contributed by atoms with Crippen LogP contribution in [0.25, 0.3) is 0 Å². The second kappa shape index (κ2) is 14.4. The minimum absolute atomic E-state index is 0.136. The Balaban J connectivity index is 2.20. The SMILES string of the molecule is CC(C)C(NC(=O)C(Cc1ccccc1)NC(=O)COc1cc(Cl)cc(Cl)c1)C(=O)C(F)(F)C(=O)NCC(F)(F)F. The number of benzene rings is 2. The smallest absolute Gasteiger partial charge is 0.405 e. The third kappa shape index (κ3) is 10.8. The molecule has 0 spiro atoms. The van der Waals surface area contributed by atoms with Crippen molar-refractivity contribution in [2.75, 3.05) is 13.2 Å². The van der Waals surface area contributed by atoms with Crippen molar-refractivity contribution in [2.24, 2.45) is 5.92 Å². The molecular weight excluding hydrogens is 600 g/mol. The fourth-order valence-corrected chi connectivity index (χ4v) is 3.95. The number of ether oxygens (including phenoxy) is 1. The monoisotopic (exact) mass is 625 g/mol. The van der Waals surface area contributed by atoms with Crippen molar-refractivity contribution in [1.82, 2.24) is 16.0 Å². The molecule has 0 fully saturated rings. The first-order valence-electron chi connectivity index (χ1n) is 12.0. The van der Waals surface area contributed by atoms with E-state index >= 15 is 0 Å². The fraction of sp³-hybridized carbons (Fsp3) is 0.385. The first kappa shape index (κ1) is 33.8. The summed E-state index contributed by atoms with van der Waals surface area (Å²) in [5.74, 6) is -12.2. The van der Waals surface area contributed by atoms with Gasteiger partial charge in [0, 0.05) is 16.5 Å². The molecule has 3 N–H and O–H groups in total. The zero-order valence-electron chi connectivity index (χ0n) is 21.7. The van der Waals surface area contributed by atoms with Gasteiger partial charge in [0.05, 0.1) is 6.04 Å². The molecule has 0 aliphatic rings. The highest BCUT2D eigenvalue weighted by molar-refractivity contribution is 6.34. The summed E-state index contributed by atoms with van der Waals surface area (Å²) in [5, 5.41) is 5.95. The third-order valence-corrected chi connectivity index (χ3v) is 5.87. The highest BCUT2D eigenvalue weighted by Crippen LogP contribution is 2.24. The molecule has 0 aromatic heterocycles. The molecule has 2 unspecified atom stereocenters. The average Bonchev–Trinajstić information content (AvgIpc) is 2.87. The maximum Gasteiger partial charge on any atom is 0.405 e. The number of rotatable bonds is 13. The number of amides is 3. The number of halogens is 7. The van der Waals surface area contributed by atoms with E-state index in [1.807, 2.05) is 0 Å². The molecular formula is C26H26Cl2F5N3O5. The van der Waals surface area contributed by atoms with Crippen molar-refractivity contribution in [2.45, 2.75) is 44.5 Å². The van der Waals surface area contributed by atoms with Gasteiger partial charge in [0.25, 0.3) is 11.8 Å². The molecule has 0 aliphatic heterocycles. The van der Waals surface area contributed by atoms with Crippen molar-refractivity contribution in [1.29, 1.82) is 0 Å². The number of nitrogens with one attached hydrogen (secondary N) is 3. The molecule has 8 nitrogen and oxygen atoms in total. The maximum absolute atomic E-state index is 14.5. The summed E-state index contributed by atoms with van der Waals surface area (Å²) < 4.78 is 71.5. The minimum Gasteiger partial charge on any atom is -0.484 e. The number of Topliss-reactive ketones (excluding diaryl/α,β-unsaturated/α-hetero) is 1. The first-order valence-corrected chi connectivity index (χ1v) is 12.7. The summed E-state index contributed by atoms with van der Waals surface area (Å²) in [6.07, 6.45) is -5.13. The van der Waals surface area contributed by atoms with Gasteiger partial charge in [-0.2, -0.15) is 22.0 Å². The Morgan fingerprint density at radius 3 is 2.02 bits per heavy atom. The summed E-state index contributed by atoms with van der Waals surface area (Å²) in [6.45, 7) is -0.121. The Hall–Kier alpha value is -3.45. The number of carbonyl (C=O) groups excluding carboxylic acids is 4. The molecule has 2 rings (SSSR count). The second-order valence-corrected chi connectivity index (χ2v) is 10.0. The lowest BCUT2D eigenvalue weighted by atomic mass is 9.94. The zero-order valence-corrected chi connectivity index (χ0v) is 23.2. The van der Waals surface area contributed by atoms with E-state index in [0.717, 1.165) is 5.32 Å². The Morgan fingerprint density at radius 2 is 1.49 bits per heavy atom. The molecule has 2 atom stereocenters. The van der Waals surface area contributed by atoms with Gasteiger partial charge in [-0.3, -0.25) is 19.2 Å². The van der Waals surface area contributed by atoms with Gasteiger partial charge < -0.3 is 20.7 Å². The molecule has 224 valence electrons. The van der Waals surface area contributed by atoms with Crippen molar-refractivity contribution >= 4 is 46.7 Å². The lowest BCUT2D eigenvalue weighted by molar-refractivity contribution is -0.165. The van der Waals surface area contributed by atoms with E-state index in [-0.39, 0.29) is 22.2 Å². The highest BCUT2D eigenvalue weighted by Gasteiger charge is 2.52. The van der Waals surface area contributed by atoms with Crippen LogP contribution in [-0.4, -0.2) is 60.8 Å². The van der Waals surface area contributed by atoms with Crippen molar-refractivity contribution < 1.29 is 45.9 Å². The van der Waals surface area contributed by atoms with E-state index in [9.17, 15) is 41.1 Å². The van der Waals surface area contributed by atoms with Gasteiger partial charge in [-0.15, -0.1) is 0 Å². The highest BCUT2D eigenvalue weighted by atomic mass is 35.5. The number of ketones is 1. The topological polar surface area (TPSA) is 114 Å². The molecule has 2 aromatic carbocycles. The quantitative estimate of drug-likeness (QED) is 0.229. The maximum atomic E-state index is 14.5. The molecule has 0 radical (unpaired) electrons. The fourth-order valence-electron chi connectivity index (χ4n) is 3.44. The Labute approximate surface area is 241 Å². The predicted molar refractivity (Wildman–Crippen MR) is 140 cm³/mol. The first-order chi connectivity index (χ1) is 19.0. The van der Waals surface area contributed by atoms with Gasteiger partial charge in [-0.1, -0.05) is 67.4 Å². The molecule has 0 heterocycles. The predicted octanol–water partition coefficient (Wildman–Crippen LogP) is 4.12. The standard InChI is InChI=1S/C26H26Cl2F5N3O5/c1-14(2)21(22(38)26(32,33)24(40)34-13-25(29,30)31)36-23(39)19(8-15-6-4-3-5-7-15)35-20(37)12-41-18-10-16(27)9-17(28)11-18/h3-7,9-11,14,19,21H,8,12-13H2,1-2H3,(H,34,40)(H,35,37)(H,36,39). The number of hydrogen-bond donors (Lipinski definition) is 3. The van der Waals surface area contributed by atoms with Crippen LogP contribution in [-0.2, 0) is 25.6 Å². The van der Waals surface area contributed by atoms with E-state index in [2.05, 4.69) is 10.6 Å². The molecule has 2 aromatic rings. The van der Waals surface area contributed by atoms with Gasteiger partial charge in [-0.05, 0) is 29.7 Å². The Bertz CT molecular complexity index is 1230. The van der Waals surface area contributed by atoms with Crippen molar-refractivity contribution in [3.05, 3.63) is 64.1 Å². The van der Waals surface area contributed by atoms with E-state index in [1.54, 1.807) is 30.3 Å². The van der Waals surface area contributed by atoms with Crippen molar-refractivity contribution in [3.8, 4) is 5.75 Å². The summed E-state index contributed by atoms with van der Waals surface area (Å²) >= 11 is 11.8. The van der Waals surface area contributed by atoms with Gasteiger partial charge >= 0.3 is 12.1 Å². The molecule has 41 heavy (non-hydrogen) atoms. The second-order valence-electron chi connectivity index (χ2n) is 9.17. The molecule has 0 saturated carbocycles. The normalized spacial score (nSPS) is 13.2. The van der Waals surface area contributed by atoms with Crippen LogP contribution in [0, 0.1) is 5.92 Å². The van der Waals surface area contributed by atoms with Crippen LogP contribution in [0.4, 0.5) is 22.0 Å². The van der Waals surface area contributed by atoms with Crippen molar-refractivity contribution in [3.63, 3.8) is 0 Å². The van der Waals surface area contributed by atoms with E-state index in [1.165, 1.54) is 32.0 Å². The number of carbonyl (C=O) groups is 4. The Morgan fingerprint density at radius 1 is 0.902 bits per heavy atom. The zero-order chi connectivity index (χ0) is 31.0. The van der Waals surface area contributed by atoms with Gasteiger partial charge in [0.1, 0.15) is 18.3 Å². The molecule has 0 bridgehead atoms. The van der Waals surface area contributed by atoms with Gasteiger partial charge in [0.2, 0.25) is 11.7 Å². The Kier molecular flexibility index (Phi) is 11.9. The molecule has 3 amide bonds. The van der Waals surface area contributed by atoms with Crippen LogP contribution in [0.2, 0.25) is 10.0 Å². The average molecular weight is 626 g/mol. The number of hydrogen-bond acceptors (Lipinski definition) is 5. The lowest BCUT2D eigenvalue weighted by Crippen LogP contribution is -2.59.